The zero-order chi connectivity index (χ0) is 16.2. The van der Waals surface area contributed by atoms with Gasteiger partial charge < -0.3 is 9.13 Å². The average molecular weight is 308 g/mol. The summed E-state index contributed by atoms with van der Waals surface area (Å²) in [6.45, 7) is 5.08. The molecule has 1 aromatic carbocycles. The number of imidazole rings is 1. The van der Waals surface area contributed by atoms with Crippen molar-refractivity contribution < 1.29 is 4.79 Å². The maximum atomic E-state index is 12.5. The van der Waals surface area contributed by atoms with Crippen molar-refractivity contribution in [2.45, 2.75) is 20.4 Å². The first kappa shape index (κ1) is 15.1. The van der Waals surface area contributed by atoms with E-state index >= 15 is 0 Å². The lowest BCUT2D eigenvalue weighted by Crippen LogP contribution is -2.17. The summed E-state index contributed by atoms with van der Waals surface area (Å²) < 4.78 is 3.93. The van der Waals surface area contributed by atoms with E-state index in [-0.39, 0.29) is 5.91 Å². The van der Waals surface area contributed by atoms with Gasteiger partial charge in [0.2, 0.25) is 5.95 Å². The van der Waals surface area contributed by atoms with E-state index < -0.39 is 0 Å². The van der Waals surface area contributed by atoms with Gasteiger partial charge in [0.1, 0.15) is 0 Å². The van der Waals surface area contributed by atoms with E-state index in [1.165, 1.54) is 0 Å². The Hall–Kier alpha value is -2.82. The van der Waals surface area contributed by atoms with E-state index in [9.17, 15) is 4.79 Å². The fraction of sp³-hybridized carbons (Fsp3) is 0.222. The number of amides is 1. The van der Waals surface area contributed by atoms with Crippen molar-refractivity contribution in [1.29, 1.82) is 0 Å². The number of rotatable bonds is 5. The predicted molar refractivity (Wildman–Crippen MR) is 90.8 cm³/mol. The highest BCUT2D eigenvalue weighted by atomic mass is 16.1. The van der Waals surface area contributed by atoms with Crippen LogP contribution in [-0.2, 0) is 6.54 Å². The van der Waals surface area contributed by atoms with Gasteiger partial charge >= 0.3 is 0 Å². The normalized spacial score (nSPS) is 10.9. The molecular formula is C18H20N4O. The fourth-order valence-corrected chi connectivity index (χ4v) is 2.46. The second-order valence-corrected chi connectivity index (χ2v) is 5.89. The lowest BCUT2D eigenvalue weighted by Gasteiger charge is -2.11. The van der Waals surface area contributed by atoms with Crippen LogP contribution in [0.4, 0.5) is 5.95 Å². The molecule has 0 bridgehead atoms. The van der Waals surface area contributed by atoms with Crippen LogP contribution in [0.3, 0.4) is 0 Å². The molecule has 0 aliphatic heterocycles. The molecule has 0 saturated heterocycles. The smallest absolute Gasteiger partial charge is 0.258 e. The van der Waals surface area contributed by atoms with Gasteiger partial charge in [0.15, 0.2) is 0 Å². The molecule has 1 N–H and O–H groups in total. The lowest BCUT2D eigenvalue weighted by atomic mass is 10.2. The van der Waals surface area contributed by atoms with E-state index in [1.807, 2.05) is 58.1 Å². The number of benzene rings is 1. The Labute approximate surface area is 135 Å². The summed E-state index contributed by atoms with van der Waals surface area (Å²) in [6.07, 6.45) is 7.48. The molecule has 3 aromatic rings. The first-order valence-electron chi connectivity index (χ1n) is 7.69. The summed E-state index contributed by atoms with van der Waals surface area (Å²) >= 11 is 0. The van der Waals surface area contributed by atoms with Gasteiger partial charge in [0.25, 0.3) is 5.91 Å². The summed E-state index contributed by atoms with van der Waals surface area (Å²) in [5, 5.41) is 2.89. The highest BCUT2D eigenvalue weighted by Gasteiger charge is 2.11. The lowest BCUT2D eigenvalue weighted by molar-refractivity contribution is 0.102. The van der Waals surface area contributed by atoms with Crippen LogP contribution in [0.25, 0.3) is 5.69 Å². The van der Waals surface area contributed by atoms with E-state index in [0.29, 0.717) is 17.4 Å². The Bertz CT molecular complexity index is 787. The minimum Gasteiger partial charge on any atom is -0.324 e. The summed E-state index contributed by atoms with van der Waals surface area (Å²) in [7, 11) is 0. The number of anilines is 1. The molecule has 23 heavy (non-hydrogen) atoms. The fourth-order valence-electron chi connectivity index (χ4n) is 2.46. The van der Waals surface area contributed by atoms with Crippen LogP contribution in [0.5, 0.6) is 0 Å². The first-order valence-corrected chi connectivity index (χ1v) is 7.69. The van der Waals surface area contributed by atoms with Crippen LogP contribution >= 0.6 is 0 Å². The molecule has 0 fully saturated rings. The third-order valence-corrected chi connectivity index (χ3v) is 3.51. The van der Waals surface area contributed by atoms with Gasteiger partial charge in [0, 0.05) is 42.6 Å². The van der Waals surface area contributed by atoms with Gasteiger partial charge in [0.05, 0.1) is 0 Å². The first-order chi connectivity index (χ1) is 11.1. The van der Waals surface area contributed by atoms with Crippen molar-refractivity contribution in [3.63, 3.8) is 0 Å². The van der Waals surface area contributed by atoms with Crippen molar-refractivity contribution in [3.05, 3.63) is 66.7 Å². The third kappa shape index (κ3) is 3.51. The largest absolute Gasteiger partial charge is 0.324 e. The zero-order valence-corrected chi connectivity index (χ0v) is 13.3. The Kier molecular flexibility index (Phi) is 4.28. The van der Waals surface area contributed by atoms with Crippen molar-refractivity contribution in [3.8, 4) is 5.69 Å². The third-order valence-electron chi connectivity index (χ3n) is 3.51. The number of nitrogens with one attached hydrogen (secondary N) is 1. The van der Waals surface area contributed by atoms with Gasteiger partial charge in [-0.2, -0.15) is 0 Å². The molecule has 1 amide bonds. The zero-order valence-electron chi connectivity index (χ0n) is 13.3. The molecule has 118 valence electrons. The Morgan fingerprint density at radius 3 is 2.70 bits per heavy atom. The summed E-state index contributed by atoms with van der Waals surface area (Å²) in [5.41, 5.74) is 1.56. The number of carbonyl (C=O) groups is 1. The maximum Gasteiger partial charge on any atom is 0.258 e. The van der Waals surface area contributed by atoms with E-state index in [1.54, 1.807) is 12.3 Å². The minimum atomic E-state index is -0.157. The topological polar surface area (TPSA) is 51.9 Å². The number of hydrogen-bond acceptors (Lipinski definition) is 2. The van der Waals surface area contributed by atoms with E-state index in [0.717, 1.165) is 12.2 Å². The Morgan fingerprint density at radius 2 is 1.96 bits per heavy atom. The predicted octanol–water partition coefficient (Wildman–Crippen LogP) is 3.58. The molecule has 5 nitrogen and oxygen atoms in total. The van der Waals surface area contributed by atoms with Crippen molar-refractivity contribution in [2.75, 3.05) is 5.32 Å². The van der Waals surface area contributed by atoms with Crippen LogP contribution in [0.2, 0.25) is 0 Å². The van der Waals surface area contributed by atoms with Crippen LogP contribution in [0, 0.1) is 5.92 Å². The molecule has 0 unspecified atom stereocenters. The molecule has 3 rings (SSSR count). The van der Waals surface area contributed by atoms with E-state index in [4.69, 9.17) is 0 Å². The standard InChI is InChI=1S/C18H20N4O/c1-14(2)13-22-11-8-19-18(22)20-17(23)15-6-5-7-16(12-15)21-9-3-4-10-21/h3-12,14H,13H2,1-2H3,(H,19,20,23). The van der Waals surface area contributed by atoms with Gasteiger partial charge in [-0.25, -0.2) is 4.98 Å². The quantitative estimate of drug-likeness (QED) is 0.783. The monoisotopic (exact) mass is 308 g/mol. The maximum absolute atomic E-state index is 12.5. The van der Waals surface area contributed by atoms with Crippen LogP contribution < -0.4 is 5.32 Å². The molecule has 0 aliphatic rings. The number of aromatic nitrogens is 3. The summed E-state index contributed by atoms with van der Waals surface area (Å²) in [6, 6.07) is 11.4. The Morgan fingerprint density at radius 1 is 1.17 bits per heavy atom. The highest BCUT2D eigenvalue weighted by Crippen LogP contribution is 2.14. The van der Waals surface area contributed by atoms with Gasteiger partial charge in [-0.1, -0.05) is 19.9 Å². The number of nitrogens with zero attached hydrogens (tertiary/aromatic N) is 3. The van der Waals surface area contributed by atoms with Gasteiger partial charge in [-0.3, -0.25) is 10.1 Å². The molecule has 0 atom stereocenters. The second kappa shape index (κ2) is 6.52. The van der Waals surface area contributed by atoms with Gasteiger partial charge in [-0.15, -0.1) is 0 Å². The average Bonchev–Trinajstić information content (AvgIpc) is 3.19. The second-order valence-electron chi connectivity index (χ2n) is 5.89. The molecule has 2 heterocycles. The van der Waals surface area contributed by atoms with Crippen molar-refractivity contribution in [1.82, 2.24) is 14.1 Å². The van der Waals surface area contributed by atoms with Crippen LogP contribution in [-0.4, -0.2) is 20.0 Å². The minimum absolute atomic E-state index is 0.157. The van der Waals surface area contributed by atoms with Crippen LogP contribution in [0.1, 0.15) is 24.2 Å². The molecule has 0 radical (unpaired) electrons. The SMILES string of the molecule is CC(C)Cn1ccnc1NC(=O)c1cccc(-n2cccc2)c1. The van der Waals surface area contributed by atoms with Crippen molar-refractivity contribution >= 4 is 11.9 Å². The van der Waals surface area contributed by atoms with Gasteiger partial charge in [-0.05, 0) is 36.2 Å². The van der Waals surface area contributed by atoms with Crippen molar-refractivity contribution in [2.24, 2.45) is 5.92 Å². The number of carbonyl (C=O) groups excluding carboxylic acids is 1. The summed E-state index contributed by atoms with van der Waals surface area (Å²) in [5.74, 6) is 0.905. The Balaban J connectivity index is 1.79. The molecule has 0 spiro atoms. The molecular weight excluding hydrogens is 288 g/mol. The number of hydrogen-bond donors (Lipinski definition) is 1. The van der Waals surface area contributed by atoms with Crippen LogP contribution in [0.15, 0.2) is 61.2 Å². The summed E-state index contributed by atoms with van der Waals surface area (Å²) in [4.78, 5) is 16.7. The molecule has 5 heteroatoms. The molecule has 2 aromatic heterocycles. The molecule has 0 aliphatic carbocycles. The molecule has 0 saturated carbocycles. The van der Waals surface area contributed by atoms with E-state index in [2.05, 4.69) is 24.1 Å². The highest BCUT2D eigenvalue weighted by molar-refractivity contribution is 6.03.